The number of benzene rings is 2. The number of rotatable bonds is 4. The first-order valence-corrected chi connectivity index (χ1v) is 8.45. The number of carboxylic acid groups (broad SMARTS) is 1. The first-order valence-electron chi connectivity index (χ1n) is 8.45. The third-order valence-electron chi connectivity index (χ3n) is 4.32. The number of aromatic carboxylic acids is 1. The van der Waals surface area contributed by atoms with Crippen molar-refractivity contribution in [1.29, 1.82) is 0 Å². The SMILES string of the molecule is O=C(O)c1ccc(-n2cnc(-c3c(-c4ccc(F)cc4)noc3C(F)(F)F)c2)cc1. The van der Waals surface area contributed by atoms with Crippen molar-refractivity contribution >= 4 is 5.97 Å². The molecule has 4 aromatic rings. The fraction of sp³-hybridized carbons (Fsp3) is 0.0500. The molecule has 152 valence electrons. The Balaban J connectivity index is 1.81. The summed E-state index contributed by atoms with van der Waals surface area (Å²) >= 11 is 0. The van der Waals surface area contributed by atoms with E-state index < -0.39 is 23.7 Å². The minimum atomic E-state index is -4.83. The summed E-state index contributed by atoms with van der Waals surface area (Å²) in [6, 6.07) is 10.5. The molecule has 0 aliphatic heterocycles. The lowest BCUT2D eigenvalue weighted by Crippen LogP contribution is -2.05. The van der Waals surface area contributed by atoms with Gasteiger partial charge in [-0.2, -0.15) is 13.2 Å². The Kier molecular flexibility index (Phi) is 4.61. The molecule has 0 saturated carbocycles. The standard InChI is InChI=1S/C20H11F4N3O3/c21-13-5-1-11(2-6-13)17-16(18(30-26-17)20(22,23)24)15-9-27(10-25-15)14-7-3-12(4-8-14)19(28)29/h1-10H,(H,28,29). The zero-order valence-electron chi connectivity index (χ0n) is 14.9. The molecule has 0 amide bonds. The van der Waals surface area contributed by atoms with Crippen LogP contribution < -0.4 is 0 Å². The molecule has 0 spiro atoms. The van der Waals surface area contributed by atoms with E-state index in [9.17, 15) is 22.4 Å². The van der Waals surface area contributed by atoms with Crippen LogP contribution in [0.1, 0.15) is 16.1 Å². The fourth-order valence-corrected chi connectivity index (χ4v) is 2.90. The van der Waals surface area contributed by atoms with Crippen LogP contribution in [0.3, 0.4) is 0 Å². The number of hydrogen-bond donors (Lipinski definition) is 1. The van der Waals surface area contributed by atoms with Gasteiger partial charge in [0, 0.05) is 17.4 Å². The Hall–Kier alpha value is -3.95. The van der Waals surface area contributed by atoms with Gasteiger partial charge in [-0.05, 0) is 48.5 Å². The van der Waals surface area contributed by atoms with Gasteiger partial charge in [0.05, 0.1) is 23.1 Å². The highest BCUT2D eigenvalue weighted by Crippen LogP contribution is 2.42. The summed E-state index contributed by atoms with van der Waals surface area (Å²) in [4.78, 5) is 15.0. The molecule has 0 atom stereocenters. The van der Waals surface area contributed by atoms with Gasteiger partial charge >= 0.3 is 12.1 Å². The van der Waals surface area contributed by atoms with E-state index >= 15 is 0 Å². The van der Waals surface area contributed by atoms with Crippen LogP contribution in [0.15, 0.2) is 65.6 Å². The van der Waals surface area contributed by atoms with Crippen LogP contribution in [0.4, 0.5) is 17.6 Å². The lowest BCUT2D eigenvalue weighted by atomic mass is 10.0. The van der Waals surface area contributed by atoms with Crippen LogP contribution in [-0.2, 0) is 6.18 Å². The van der Waals surface area contributed by atoms with Crippen molar-refractivity contribution in [1.82, 2.24) is 14.7 Å². The van der Waals surface area contributed by atoms with Gasteiger partial charge in [-0.1, -0.05) is 5.16 Å². The van der Waals surface area contributed by atoms with E-state index in [-0.39, 0.29) is 28.1 Å². The summed E-state index contributed by atoms with van der Waals surface area (Å²) in [6.45, 7) is 0. The zero-order chi connectivity index (χ0) is 21.5. The average molecular weight is 417 g/mol. The van der Waals surface area contributed by atoms with Crippen molar-refractivity contribution in [3.8, 4) is 28.2 Å². The Morgan fingerprint density at radius 1 is 1.03 bits per heavy atom. The van der Waals surface area contributed by atoms with Gasteiger partial charge in [-0.25, -0.2) is 14.2 Å². The number of hydrogen-bond acceptors (Lipinski definition) is 4. The summed E-state index contributed by atoms with van der Waals surface area (Å²) in [5.74, 6) is -2.97. The molecule has 0 aliphatic rings. The molecule has 4 rings (SSSR count). The Morgan fingerprint density at radius 3 is 2.30 bits per heavy atom. The maximum absolute atomic E-state index is 13.5. The number of nitrogens with zero attached hydrogens (tertiary/aromatic N) is 3. The van der Waals surface area contributed by atoms with Gasteiger partial charge in [0.15, 0.2) is 0 Å². The summed E-state index contributed by atoms with van der Waals surface area (Å²) in [6.07, 6.45) is -2.20. The van der Waals surface area contributed by atoms with Crippen molar-refractivity contribution in [3.05, 3.63) is 78.2 Å². The van der Waals surface area contributed by atoms with E-state index in [1.807, 2.05) is 0 Å². The smallest absolute Gasteiger partial charge is 0.453 e. The van der Waals surface area contributed by atoms with Crippen molar-refractivity contribution in [2.75, 3.05) is 0 Å². The molecule has 0 radical (unpaired) electrons. The fourth-order valence-electron chi connectivity index (χ4n) is 2.90. The maximum atomic E-state index is 13.5. The largest absolute Gasteiger partial charge is 0.478 e. The molecule has 2 aromatic heterocycles. The van der Waals surface area contributed by atoms with Crippen LogP contribution in [0.2, 0.25) is 0 Å². The Labute approximate surface area is 166 Å². The summed E-state index contributed by atoms with van der Waals surface area (Å²) in [5, 5.41) is 12.5. The molecular weight excluding hydrogens is 406 g/mol. The molecule has 0 unspecified atom stereocenters. The van der Waals surface area contributed by atoms with Gasteiger partial charge in [0.1, 0.15) is 11.5 Å². The van der Waals surface area contributed by atoms with E-state index in [1.54, 1.807) is 0 Å². The van der Waals surface area contributed by atoms with E-state index in [0.717, 1.165) is 12.1 Å². The lowest BCUT2D eigenvalue weighted by Gasteiger charge is -2.05. The molecule has 1 N–H and O–H groups in total. The third-order valence-corrected chi connectivity index (χ3v) is 4.32. The van der Waals surface area contributed by atoms with Gasteiger partial charge in [0.2, 0.25) is 5.76 Å². The number of aromatic nitrogens is 3. The van der Waals surface area contributed by atoms with E-state index in [1.165, 1.54) is 53.5 Å². The molecular formula is C20H11F4N3O3. The van der Waals surface area contributed by atoms with Crippen molar-refractivity contribution in [3.63, 3.8) is 0 Å². The lowest BCUT2D eigenvalue weighted by molar-refractivity contribution is -0.154. The van der Waals surface area contributed by atoms with Crippen molar-refractivity contribution in [2.45, 2.75) is 6.18 Å². The maximum Gasteiger partial charge on any atom is 0.453 e. The molecule has 0 aliphatic carbocycles. The first kappa shape index (κ1) is 19.4. The molecule has 0 fully saturated rings. The molecule has 30 heavy (non-hydrogen) atoms. The molecule has 0 saturated heterocycles. The predicted octanol–water partition coefficient (Wildman–Crippen LogP) is 5.05. The van der Waals surface area contributed by atoms with Crippen LogP contribution >= 0.6 is 0 Å². The van der Waals surface area contributed by atoms with Gasteiger partial charge in [0.25, 0.3) is 0 Å². The number of carboxylic acids is 1. The number of halogens is 4. The second-order valence-corrected chi connectivity index (χ2v) is 6.26. The topological polar surface area (TPSA) is 81.1 Å². The second kappa shape index (κ2) is 7.14. The highest BCUT2D eigenvalue weighted by molar-refractivity contribution is 5.87. The molecule has 0 bridgehead atoms. The number of alkyl halides is 3. The molecule has 10 heteroatoms. The normalized spacial score (nSPS) is 11.6. The Morgan fingerprint density at radius 2 is 1.70 bits per heavy atom. The Bertz CT molecular complexity index is 1210. The molecule has 6 nitrogen and oxygen atoms in total. The van der Waals surface area contributed by atoms with E-state index in [0.29, 0.717) is 5.69 Å². The van der Waals surface area contributed by atoms with Crippen LogP contribution in [-0.4, -0.2) is 25.8 Å². The highest BCUT2D eigenvalue weighted by atomic mass is 19.4. The number of carbonyl (C=O) groups is 1. The quantitative estimate of drug-likeness (QED) is 0.470. The van der Waals surface area contributed by atoms with Crippen LogP contribution in [0, 0.1) is 5.82 Å². The third kappa shape index (κ3) is 3.54. The average Bonchev–Trinajstić information content (AvgIpc) is 3.35. The van der Waals surface area contributed by atoms with Gasteiger partial charge < -0.3 is 14.2 Å². The summed E-state index contributed by atoms with van der Waals surface area (Å²) in [5.41, 5.74) is 0.211. The van der Waals surface area contributed by atoms with Crippen LogP contribution in [0.5, 0.6) is 0 Å². The highest BCUT2D eigenvalue weighted by Gasteiger charge is 2.41. The van der Waals surface area contributed by atoms with E-state index in [4.69, 9.17) is 5.11 Å². The van der Waals surface area contributed by atoms with E-state index in [2.05, 4.69) is 14.7 Å². The van der Waals surface area contributed by atoms with Gasteiger partial charge in [-0.3, -0.25) is 0 Å². The van der Waals surface area contributed by atoms with Crippen LogP contribution in [0.25, 0.3) is 28.2 Å². The summed E-state index contributed by atoms with van der Waals surface area (Å²) < 4.78 is 59.7. The molecule has 2 aromatic carbocycles. The summed E-state index contributed by atoms with van der Waals surface area (Å²) in [7, 11) is 0. The predicted molar refractivity (Wildman–Crippen MR) is 96.4 cm³/mol. The molecule has 2 heterocycles. The minimum Gasteiger partial charge on any atom is -0.478 e. The second-order valence-electron chi connectivity index (χ2n) is 6.26. The minimum absolute atomic E-state index is 0.0646. The monoisotopic (exact) mass is 417 g/mol. The van der Waals surface area contributed by atoms with Gasteiger partial charge in [-0.15, -0.1) is 0 Å². The first-order chi connectivity index (χ1) is 14.2. The number of imidazole rings is 1. The zero-order valence-corrected chi connectivity index (χ0v) is 14.9. The van der Waals surface area contributed by atoms with Crippen molar-refractivity contribution < 1.29 is 32.0 Å². The van der Waals surface area contributed by atoms with Crippen molar-refractivity contribution in [2.24, 2.45) is 0 Å².